The zero-order chi connectivity index (χ0) is 15.2. The van der Waals surface area contributed by atoms with Crippen LogP contribution in [0.4, 0.5) is 0 Å². The molecule has 114 valence electrons. The van der Waals surface area contributed by atoms with Gasteiger partial charge in [0.05, 0.1) is 12.7 Å². The highest BCUT2D eigenvalue weighted by Crippen LogP contribution is 2.19. The van der Waals surface area contributed by atoms with Crippen LogP contribution in [0.25, 0.3) is 0 Å². The molecule has 1 amide bonds. The van der Waals surface area contributed by atoms with Crippen molar-refractivity contribution in [2.45, 2.75) is 12.8 Å². The molecule has 0 atom stereocenters. The Labute approximate surface area is 124 Å². The van der Waals surface area contributed by atoms with E-state index in [9.17, 15) is 9.59 Å². The molecule has 1 saturated heterocycles. The molecule has 5 nitrogen and oxygen atoms in total. The Hall–Kier alpha value is -1.88. The van der Waals surface area contributed by atoms with Gasteiger partial charge in [-0.2, -0.15) is 0 Å². The van der Waals surface area contributed by atoms with E-state index in [1.54, 1.807) is 31.4 Å². The monoisotopic (exact) mass is 291 g/mol. The Morgan fingerprint density at radius 1 is 1.10 bits per heavy atom. The maximum absolute atomic E-state index is 12.4. The first-order valence-electron chi connectivity index (χ1n) is 7.12. The molecule has 1 aromatic carbocycles. The van der Waals surface area contributed by atoms with Gasteiger partial charge in [-0.1, -0.05) is 0 Å². The fraction of sp³-hybridized carbons (Fsp3) is 0.500. The predicted octanol–water partition coefficient (Wildman–Crippen LogP) is 1.97. The highest BCUT2D eigenvalue weighted by atomic mass is 16.5. The second-order valence-corrected chi connectivity index (χ2v) is 5.26. The highest BCUT2D eigenvalue weighted by molar-refractivity contribution is 5.96. The van der Waals surface area contributed by atoms with Crippen molar-refractivity contribution in [3.63, 3.8) is 0 Å². The van der Waals surface area contributed by atoms with Crippen molar-refractivity contribution >= 4 is 11.9 Å². The van der Waals surface area contributed by atoms with E-state index >= 15 is 0 Å². The molecule has 1 heterocycles. The molecule has 21 heavy (non-hydrogen) atoms. The summed E-state index contributed by atoms with van der Waals surface area (Å²) in [7, 11) is 3.05. The van der Waals surface area contributed by atoms with Crippen LogP contribution in [0, 0.1) is 5.92 Å². The van der Waals surface area contributed by atoms with Crippen molar-refractivity contribution in [1.82, 2.24) is 4.90 Å². The number of amides is 1. The number of benzene rings is 1. The maximum atomic E-state index is 12.4. The molecular weight excluding hydrogens is 270 g/mol. The van der Waals surface area contributed by atoms with Crippen molar-refractivity contribution in [3.8, 4) is 0 Å². The quantitative estimate of drug-likeness (QED) is 0.796. The van der Waals surface area contributed by atoms with Crippen molar-refractivity contribution in [2.75, 3.05) is 33.9 Å². The number of methoxy groups -OCH3 is 2. The van der Waals surface area contributed by atoms with Gasteiger partial charge < -0.3 is 14.4 Å². The number of hydrogen-bond donors (Lipinski definition) is 0. The average molecular weight is 291 g/mol. The number of esters is 1. The molecule has 0 unspecified atom stereocenters. The topological polar surface area (TPSA) is 55.8 Å². The Morgan fingerprint density at radius 2 is 1.67 bits per heavy atom. The van der Waals surface area contributed by atoms with E-state index in [4.69, 9.17) is 4.74 Å². The second kappa shape index (κ2) is 7.22. The normalized spacial score (nSPS) is 15.8. The van der Waals surface area contributed by atoms with Gasteiger partial charge in [0.25, 0.3) is 5.91 Å². The molecule has 1 aromatic rings. The summed E-state index contributed by atoms with van der Waals surface area (Å²) in [5.74, 6) is 0.164. The number of piperidine rings is 1. The summed E-state index contributed by atoms with van der Waals surface area (Å²) in [6.07, 6.45) is 1.94. The number of likely N-dealkylation sites (tertiary alicyclic amines) is 1. The lowest BCUT2D eigenvalue weighted by atomic mass is 9.97. The molecule has 0 bridgehead atoms. The average Bonchev–Trinajstić information content (AvgIpc) is 2.54. The first-order valence-corrected chi connectivity index (χ1v) is 7.12. The zero-order valence-electron chi connectivity index (χ0n) is 12.5. The Balaban J connectivity index is 1.96. The van der Waals surface area contributed by atoms with Gasteiger partial charge in [0, 0.05) is 32.4 Å². The van der Waals surface area contributed by atoms with E-state index in [1.807, 2.05) is 4.90 Å². The van der Waals surface area contributed by atoms with Gasteiger partial charge in [-0.25, -0.2) is 4.79 Å². The second-order valence-electron chi connectivity index (χ2n) is 5.26. The number of ether oxygens (including phenoxy) is 2. The van der Waals surface area contributed by atoms with Crippen LogP contribution < -0.4 is 0 Å². The molecule has 1 aliphatic rings. The van der Waals surface area contributed by atoms with Crippen LogP contribution in [0.5, 0.6) is 0 Å². The molecule has 0 aliphatic carbocycles. The summed E-state index contributed by atoms with van der Waals surface area (Å²) in [5.41, 5.74) is 1.06. The summed E-state index contributed by atoms with van der Waals surface area (Å²) < 4.78 is 9.80. The van der Waals surface area contributed by atoms with E-state index in [0.717, 1.165) is 32.5 Å². The van der Waals surface area contributed by atoms with Gasteiger partial charge in [0.15, 0.2) is 0 Å². The van der Waals surface area contributed by atoms with Crippen LogP contribution in [-0.4, -0.2) is 50.7 Å². The number of rotatable bonds is 4. The van der Waals surface area contributed by atoms with Crippen molar-refractivity contribution in [2.24, 2.45) is 5.92 Å². The molecule has 0 spiro atoms. The Bertz CT molecular complexity index is 490. The SMILES string of the molecule is COCC1CCN(C(=O)c2ccc(C(=O)OC)cc2)CC1. The predicted molar refractivity (Wildman–Crippen MR) is 78.3 cm³/mol. The third kappa shape index (κ3) is 3.82. The van der Waals surface area contributed by atoms with Crippen molar-refractivity contribution in [3.05, 3.63) is 35.4 Å². The highest BCUT2D eigenvalue weighted by Gasteiger charge is 2.23. The van der Waals surface area contributed by atoms with E-state index in [0.29, 0.717) is 17.0 Å². The molecule has 0 radical (unpaired) electrons. The van der Waals surface area contributed by atoms with E-state index < -0.39 is 5.97 Å². The molecule has 0 aromatic heterocycles. The molecule has 1 aliphatic heterocycles. The van der Waals surface area contributed by atoms with Gasteiger partial charge in [0.2, 0.25) is 0 Å². The van der Waals surface area contributed by atoms with Crippen LogP contribution in [0.15, 0.2) is 24.3 Å². The molecule has 0 saturated carbocycles. The summed E-state index contributed by atoms with van der Waals surface area (Å²) in [4.78, 5) is 25.6. The third-order valence-corrected chi connectivity index (χ3v) is 3.86. The largest absolute Gasteiger partial charge is 0.465 e. The summed E-state index contributed by atoms with van der Waals surface area (Å²) in [6.45, 7) is 2.27. The lowest BCUT2D eigenvalue weighted by Crippen LogP contribution is -2.39. The zero-order valence-corrected chi connectivity index (χ0v) is 12.5. The van der Waals surface area contributed by atoms with Gasteiger partial charge in [-0.15, -0.1) is 0 Å². The van der Waals surface area contributed by atoms with Gasteiger partial charge in [-0.05, 0) is 43.0 Å². The minimum absolute atomic E-state index is 0.0160. The number of nitrogens with zero attached hydrogens (tertiary/aromatic N) is 1. The van der Waals surface area contributed by atoms with E-state index in [-0.39, 0.29) is 5.91 Å². The molecule has 5 heteroatoms. The molecule has 2 rings (SSSR count). The van der Waals surface area contributed by atoms with Gasteiger partial charge in [-0.3, -0.25) is 4.79 Å². The third-order valence-electron chi connectivity index (χ3n) is 3.86. The Kier molecular flexibility index (Phi) is 5.33. The number of carbonyl (C=O) groups excluding carboxylic acids is 2. The minimum Gasteiger partial charge on any atom is -0.465 e. The maximum Gasteiger partial charge on any atom is 0.337 e. The van der Waals surface area contributed by atoms with E-state index in [2.05, 4.69) is 4.74 Å². The van der Waals surface area contributed by atoms with Gasteiger partial charge in [0.1, 0.15) is 0 Å². The first kappa shape index (κ1) is 15.5. The van der Waals surface area contributed by atoms with Crippen LogP contribution >= 0.6 is 0 Å². The van der Waals surface area contributed by atoms with Crippen molar-refractivity contribution < 1.29 is 19.1 Å². The van der Waals surface area contributed by atoms with Crippen molar-refractivity contribution in [1.29, 1.82) is 0 Å². The lowest BCUT2D eigenvalue weighted by Gasteiger charge is -2.31. The molecule has 0 N–H and O–H groups in total. The summed E-state index contributed by atoms with van der Waals surface area (Å²) in [5, 5.41) is 0. The fourth-order valence-corrected chi connectivity index (χ4v) is 2.59. The molecular formula is C16H21NO4. The standard InChI is InChI=1S/C16H21NO4/c1-20-11-12-7-9-17(10-8-12)15(18)13-3-5-14(6-4-13)16(19)21-2/h3-6,12H,7-11H2,1-2H3. The lowest BCUT2D eigenvalue weighted by molar-refractivity contribution is 0.0594. The van der Waals surface area contributed by atoms with Crippen LogP contribution in [-0.2, 0) is 9.47 Å². The fourth-order valence-electron chi connectivity index (χ4n) is 2.59. The van der Waals surface area contributed by atoms with Crippen LogP contribution in [0.1, 0.15) is 33.6 Å². The minimum atomic E-state index is -0.394. The smallest absolute Gasteiger partial charge is 0.337 e. The van der Waals surface area contributed by atoms with Crippen LogP contribution in [0.3, 0.4) is 0 Å². The first-order chi connectivity index (χ1) is 10.2. The number of carbonyl (C=O) groups is 2. The Morgan fingerprint density at radius 3 is 2.19 bits per heavy atom. The molecule has 1 fully saturated rings. The van der Waals surface area contributed by atoms with Crippen LogP contribution in [0.2, 0.25) is 0 Å². The number of hydrogen-bond acceptors (Lipinski definition) is 4. The van der Waals surface area contributed by atoms with E-state index in [1.165, 1.54) is 7.11 Å². The van der Waals surface area contributed by atoms with Gasteiger partial charge >= 0.3 is 5.97 Å². The summed E-state index contributed by atoms with van der Waals surface area (Å²) in [6, 6.07) is 6.60. The summed E-state index contributed by atoms with van der Waals surface area (Å²) >= 11 is 0.